The second-order valence-electron chi connectivity index (χ2n) is 6.40. The van der Waals surface area contributed by atoms with Gasteiger partial charge < -0.3 is 10.6 Å². The van der Waals surface area contributed by atoms with Gasteiger partial charge in [-0.15, -0.1) is 0 Å². The number of nitrogens with zero attached hydrogens (tertiary/aromatic N) is 1. The molecule has 2 aromatic carbocycles. The standard InChI is InChI=1S/C23H23N3O2/c27-22(25-15-11-18-7-3-1-4-8-18)20-13-14-24-17-21(20)23(28)26-16-12-19-9-5-2-6-10-19/h1-10,13-14,17H,11-12,15-16H2,(H,25,27)(H,26,28). The highest BCUT2D eigenvalue weighted by atomic mass is 16.2. The molecule has 142 valence electrons. The fourth-order valence-corrected chi connectivity index (χ4v) is 2.89. The van der Waals surface area contributed by atoms with E-state index in [2.05, 4.69) is 15.6 Å². The molecule has 0 saturated carbocycles. The minimum absolute atomic E-state index is 0.272. The van der Waals surface area contributed by atoms with Crippen LogP contribution in [0, 0.1) is 0 Å². The lowest BCUT2D eigenvalue weighted by atomic mass is 10.1. The van der Waals surface area contributed by atoms with Crippen molar-refractivity contribution in [3.63, 3.8) is 0 Å². The van der Waals surface area contributed by atoms with Gasteiger partial charge in [0.1, 0.15) is 0 Å². The van der Waals surface area contributed by atoms with Gasteiger partial charge in [0.2, 0.25) is 0 Å². The number of benzene rings is 2. The third kappa shape index (κ3) is 5.51. The molecule has 28 heavy (non-hydrogen) atoms. The van der Waals surface area contributed by atoms with Gasteiger partial charge in [-0.05, 0) is 30.0 Å². The number of hydrogen-bond donors (Lipinski definition) is 2. The second kappa shape index (κ2) is 10.0. The molecule has 0 aliphatic heterocycles. The highest BCUT2D eigenvalue weighted by Crippen LogP contribution is 2.08. The molecule has 0 aliphatic carbocycles. The van der Waals surface area contributed by atoms with Crippen molar-refractivity contribution in [3.8, 4) is 0 Å². The summed E-state index contributed by atoms with van der Waals surface area (Å²) in [6.07, 6.45) is 4.42. The topological polar surface area (TPSA) is 71.1 Å². The van der Waals surface area contributed by atoms with E-state index in [9.17, 15) is 9.59 Å². The molecule has 3 rings (SSSR count). The van der Waals surface area contributed by atoms with Crippen molar-refractivity contribution in [3.05, 3.63) is 101 Å². The molecular weight excluding hydrogens is 350 g/mol. The van der Waals surface area contributed by atoms with E-state index in [0.717, 1.165) is 24.0 Å². The first kappa shape index (κ1) is 19.3. The van der Waals surface area contributed by atoms with E-state index in [0.29, 0.717) is 18.7 Å². The summed E-state index contributed by atoms with van der Waals surface area (Å²) in [4.78, 5) is 29.1. The maximum absolute atomic E-state index is 12.5. The number of nitrogens with one attached hydrogen (secondary N) is 2. The second-order valence-corrected chi connectivity index (χ2v) is 6.40. The van der Waals surface area contributed by atoms with Gasteiger partial charge in [-0.3, -0.25) is 14.6 Å². The summed E-state index contributed by atoms with van der Waals surface area (Å²) in [5.41, 5.74) is 2.91. The first-order valence-electron chi connectivity index (χ1n) is 9.32. The molecular formula is C23H23N3O2. The van der Waals surface area contributed by atoms with Crippen molar-refractivity contribution >= 4 is 11.8 Å². The van der Waals surface area contributed by atoms with Crippen LogP contribution in [0.15, 0.2) is 79.1 Å². The predicted octanol–water partition coefficient (Wildman–Crippen LogP) is 3.03. The number of aromatic nitrogens is 1. The molecule has 0 spiro atoms. The first-order chi connectivity index (χ1) is 13.7. The van der Waals surface area contributed by atoms with Crippen LogP contribution in [0.3, 0.4) is 0 Å². The molecule has 5 heteroatoms. The Kier molecular flexibility index (Phi) is 6.90. The van der Waals surface area contributed by atoms with Crippen LogP contribution in [0.2, 0.25) is 0 Å². The van der Waals surface area contributed by atoms with Crippen LogP contribution in [0.5, 0.6) is 0 Å². The maximum Gasteiger partial charge on any atom is 0.253 e. The number of hydrogen-bond acceptors (Lipinski definition) is 3. The van der Waals surface area contributed by atoms with Gasteiger partial charge in [0.15, 0.2) is 0 Å². The van der Waals surface area contributed by atoms with Gasteiger partial charge in [-0.2, -0.15) is 0 Å². The molecule has 5 nitrogen and oxygen atoms in total. The van der Waals surface area contributed by atoms with Gasteiger partial charge in [0.05, 0.1) is 11.1 Å². The zero-order valence-corrected chi connectivity index (χ0v) is 15.6. The monoisotopic (exact) mass is 373 g/mol. The van der Waals surface area contributed by atoms with Gasteiger partial charge >= 0.3 is 0 Å². The SMILES string of the molecule is O=C(NCCc1ccccc1)c1ccncc1C(=O)NCCc1ccccc1. The minimum Gasteiger partial charge on any atom is -0.352 e. The molecule has 2 amide bonds. The van der Waals surface area contributed by atoms with Crippen LogP contribution < -0.4 is 10.6 Å². The summed E-state index contributed by atoms with van der Waals surface area (Å²) in [6.45, 7) is 0.993. The van der Waals surface area contributed by atoms with E-state index >= 15 is 0 Å². The fourth-order valence-electron chi connectivity index (χ4n) is 2.89. The summed E-state index contributed by atoms with van der Waals surface area (Å²) < 4.78 is 0. The van der Waals surface area contributed by atoms with E-state index < -0.39 is 0 Å². The van der Waals surface area contributed by atoms with Gasteiger partial charge in [-0.25, -0.2) is 0 Å². The van der Waals surface area contributed by atoms with Crippen LogP contribution in [-0.4, -0.2) is 29.9 Å². The van der Waals surface area contributed by atoms with Gasteiger partial charge in [0.25, 0.3) is 11.8 Å². The highest BCUT2D eigenvalue weighted by Gasteiger charge is 2.16. The van der Waals surface area contributed by atoms with E-state index in [1.54, 1.807) is 6.07 Å². The molecule has 0 atom stereocenters. The quantitative estimate of drug-likeness (QED) is 0.638. The zero-order valence-electron chi connectivity index (χ0n) is 15.6. The van der Waals surface area contributed by atoms with Gasteiger partial charge in [-0.1, -0.05) is 60.7 Å². The Labute approximate surface area is 164 Å². The third-order valence-electron chi connectivity index (χ3n) is 4.39. The first-order valence-corrected chi connectivity index (χ1v) is 9.32. The van der Waals surface area contributed by atoms with Gasteiger partial charge in [0, 0.05) is 25.5 Å². The number of pyridine rings is 1. The number of amides is 2. The largest absolute Gasteiger partial charge is 0.352 e. The van der Waals surface area contributed by atoms with Crippen LogP contribution in [-0.2, 0) is 12.8 Å². The molecule has 1 aromatic heterocycles. The maximum atomic E-state index is 12.5. The normalized spacial score (nSPS) is 10.3. The Morgan fingerprint density at radius 2 is 1.18 bits per heavy atom. The van der Waals surface area contributed by atoms with Crippen LogP contribution in [0.4, 0.5) is 0 Å². The van der Waals surface area contributed by atoms with Crippen LogP contribution in [0.25, 0.3) is 0 Å². The fraction of sp³-hybridized carbons (Fsp3) is 0.174. The van der Waals surface area contributed by atoms with Crippen molar-refractivity contribution in [1.29, 1.82) is 0 Å². The molecule has 0 bridgehead atoms. The summed E-state index contributed by atoms with van der Waals surface area (Å²) in [7, 11) is 0. The smallest absolute Gasteiger partial charge is 0.253 e. The van der Waals surface area contributed by atoms with Crippen molar-refractivity contribution < 1.29 is 9.59 Å². The molecule has 3 aromatic rings. The van der Waals surface area contributed by atoms with Crippen molar-refractivity contribution in [2.75, 3.05) is 13.1 Å². The Morgan fingerprint density at radius 1 is 0.679 bits per heavy atom. The summed E-state index contributed by atoms with van der Waals surface area (Å²) in [5.74, 6) is -0.566. The average Bonchev–Trinajstić information content (AvgIpc) is 2.75. The molecule has 0 saturated heterocycles. The number of carbonyl (C=O) groups excluding carboxylic acids is 2. The minimum atomic E-state index is -0.294. The molecule has 0 fully saturated rings. The van der Waals surface area contributed by atoms with E-state index in [4.69, 9.17) is 0 Å². The Hall–Kier alpha value is -3.47. The lowest BCUT2D eigenvalue weighted by molar-refractivity contribution is 0.0919. The number of rotatable bonds is 8. The average molecular weight is 373 g/mol. The summed E-state index contributed by atoms with van der Waals surface area (Å²) in [6, 6.07) is 21.4. The zero-order chi connectivity index (χ0) is 19.6. The van der Waals surface area contributed by atoms with E-state index in [1.807, 2.05) is 60.7 Å². The molecule has 2 N–H and O–H groups in total. The molecule has 0 unspecified atom stereocenters. The van der Waals surface area contributed by atoms with Crippen LogP contribution >= 0.6 is 0 Å². The third-order valence-corrected chi connectivity index (χ3v) is 4.39. The lowest BCUT2D eigenvalue weighted by Crippen LogP contribution is -2.31. The summed E-state index contributed by atoms with van der Waals surface area (Å²) in [5, 5.41) is 5.74. The Balaban J connectivity index is 1.55. The molecule has 0 radical (unpaired) electrons. The Morgan fingerprint density at radius 3 is 1.71 bits per heavy atom. The summed E-state index contributed by atoms with van der Waals surface area (Å²) >= 11 is 0. The number of carbonyl (C=O) groups is 2. The Bertz CT molecular complexity index is 835. The van der Waals surface area contributed by atoms with E-state index in [1.165, 1.54) is 12.4 Å². The molecule has 0 aliphatic rings. The van der Waals surface area contributed by atoms with Crippen molar-refractivity contribution in [2.24, 2.45) is 0 Å². The van der Waals surface area contributed by atoms with Crippen molar-refractivity contribution in [2.45, 2.75) is 12.8 Å². The van der Waals surface area contributed by atoms with Crippen LogP contribution in [0.1, 0.15) is 31.8 Å². The van der Waals surface area contributed by atoms with E-state index in [-0.39, 0.29) is 17.4 Å². The highest BCUT2D eigenvalue weighted by molar-refractivity contribution is 6.06. The molecule has 1 heterocycles. The van der Waals surface area contributed by atoms with Crippen molar-refractivity contribution in [1.82, 2.24) is 15.6 Å². The lowest BCUT2D eigenvalue weighted by Gasteiger charge is -2.10. The predicted molar refractivity (Wildman–Crippen MR) is 109 cm³/mol.